The lowest BCUT2D eigenvalue weighted by Crippen LogP contribution is -1.95. The SMILES string of the molecule is N#CCc1ncc(F)cc1-c1c(Cl)cccc1Cl. The van der Waals surface area contributed by atoms with E-state index in [0.717, 1.165) is 6.20 Å². The van der Waals surface area contributed by atoms with E-state index < -0.39 is 5.82 Å². The maximum atomic E-state index is 13.3. The first-order valence-electron chi connectivity index (χ1n) is 5.09. The van der Waals surface area contributed by atoms with Crippen LogP contribution in [0.5, 0.6) is 0 Å². The zero-order chi connectivity index (χ0) is 13.1. The van der Waals surface area contributed by atoms with Crippen molar-refractivity contribution in [2.45, 2.75) is 6.42 Å². The number of halogens is 3. The molecule has 18 heavy (non-hydrogen) atoms. The molecule has 2 rings (SSSR count). The summed E-state index contributed by atoms with van der Waals surface area (Å²) in [6, 6.07) is 8.28. The Hall–Kier alpha value is -1.63. The standard InChI is InChI=1S/C13H7Cl2FN2/c14-10-2-1-3-11(15)13(10)9-6-8(16)7-18-12(9)4-5-17/h1-3,6-7H,4H2. The van der Waals surface area contributed by atoms with E-state index in [4.69, 9.17) is 28.5 Å². The lowest BCUT2D eigenvalue weighted by atomic mass is 10.0. The maximum Gasteiger partial charge on any atom is 0.142 e. The fraction of sp³-hybridized carbons (Fsp3) is 0.0769. The molecule has 0 unspecified atom stereocenters. The first-order chi connectivity index (χ1) is 8.63. The quantitative estimate of drug-likeness (QED) is 0.824. The first-order valence-corrected chi connectivity index (χ1v) is 5.85. The van der Waals surface area contributed by atoms with Gasteiger partial charge in [0, 0.05) is 21.2 Å². The van der Waals surface area contributed by atoms with Gasteiger partial charge in [-0.3, -0.25) is 4.98 Å². The van der Waals surface area contributed by atoms with Crippen molar-refractivity contribution < 1.29 is 4.39 Å². The lowest BCUT2D eigenvalue weighted by molar-refractivity contribution is 0.620. The molecule has 1 heterocycles. The van der Waals surface area contributed by atoms with Crippen molar-refractivity contribution in [3.05, 3.63) is 52.0 Å². The smallest absolute Gasteiger partial charge is 0.142 e. The molecule has 0 atom stereocenters. The summed E-state index contributed by atoms with van der Waals surface area (Å²) in [4.78, 5) is 3.91. The van der Waals surface area contributed by atoms with Gasteiger partial charge in [0.25, 0.3) is 0 Å². The number of hydrogen-bond acceptors (Lipinski definition) is 2. The van der Waals surface area contributed by atoms with Crippen LogP contribution in [0.4, 0.5) is 4.39 Å². The van der Waals surface area contributed by atoms with Gasteiger partial charge >= 0.3 is 0 Å². The summed E-state index contributed by atoms with van der Waals surface area (Å²) < 4.78 is 13.3. The van der Waals surface area contributed by atoms with E-state index in [0.29, 0.717) is 26.9 Å². The van der Waals surface area contributed by atoms with Gasteiger partial charge in [-0.25, -0.2) is 4.39 Å². The summed E-state index contributed by atoms with van der Waals surface area (Å²) in [6.45, 7) is 0. The Bertz CT molecular complexity index is 615. The van der Waals surface area contributed by atoms with Crippen LogP contribution < -0.4 is 0 Å². The van der Waals surface area contributed by atoms with Crippen LogP contribution in [0.2, 0.25) is 10.0 Å². The number of benzene rings is 1. The minimum absolute atomic E-state index is 0.0666. The van der Waals surface area contributed by atoms with Crippen LogP contribution in [-0.2, 0) is 6.42 Å². The minimum atomic E-state index is -0.498. The van der Waals surface area contributed by atoms with Crippen molar-refractivity contribution in [1.29, 1.82) is 5.26 Å². The highest BCUT2D eigenvalue weighted by molar-refractivity contribution is 6.39. The van der Waals surface area contributed by atoms with Crippen LogP contribution in [-0.4, -0.2) is 4.98 Å². The molecule has 1 aromatic carbocycles. The maximum absolute atomic E-state index is 13.3. The third-order valence-corrected chi connectivity index (χ3v) is 3.05. The number of nitrogens with zero attached hydrogens (tertiary/aromatic N) is 2. The summed E-state index contributed by atoms with van der Waals surface area (Å²) in [5.74, 6) is -0.498. The molecular formula is C13H7Cl2FN2. The average molecular weight is 281 g/mol. The Morgan fingerprint density at radius 3 is 2.56 bits per heavy atom. The summed E-state index contributed by atoms with van der Waals surface area (Å²) >= 11 is 12.1. The molecule has 0 saturated carbocycles. The van der Waals surface area contributed by atoms with Gasteiger partial charge in [0.1, 0.15) is 5.82 Å². The number of rotatable bonds is 2. The Labute approximate surface area is 114 Å². The molecule has 2 nitrogen and oxygen atoms in total. The Morgan fingerprint density at radius 1 is 1.28 bits per heavy atom. The van der Waals surface area contributed by atoms with E-state index in [-0.39, 0.29) is 6.42 Å². The van der Waals surface area contributed by atoms with Crippen molar-refractivity contribution in [2.75, 3.05) is 0 Å². The van der Waals surface area contributed by atoms with Crippen LogP contribution in [0.15, 0.2) is 30.5 Å². The molecule has 0 radical (unpaired) electrons. The van der Waals surface area contributed by atoms with Crippen molar-refractivity contribution in [2.24, 2.45) is 0 Å². The Kier molecular flexibility index (Phi) is 3.81. The van der Waals surface area contributed by atoms with Crippen molar-refractivity contribution in [3.63, 3.8) is 0 Å². The third kappa shape index (κ3) is 2.45. The van der Waals surface area contributed by atoms with Gasteiger partial charge in [-0.2, -0.15) is 5.26 Å². The highest BCUT2D eigenvalue weighted by Gasteiger charge is 2.14. The predicted molar refractivity (Wildman–Crippen MR) is 69.0 cm³/mol. The molecule has 5 heteroatoms. The molecule has 0 amide bonds. The van der Waals surface area contributed by atoms with E-state index >= 15 is 0 Å². The Balaban J connectivity index is 2.70. The van der Waals surface area contributed by atoms with Crippen molar-refractivity contribution >= 4 is 23.2 Å². The molecule has 0 N–H and O–H groups in total. The molecular weight excluding hydrogens is 274 g/mol. The summed E-state index contributed by atoms with van der Waals surface area (Å²) in [7, 11) is 0. The fourth-order valence-corrected chi connectivity index (χ4v) is 2.26. The van der Waals surface area contributed by atoms with Gasteiger partial charge in [-0.05, 0) is 18.2 Å². The van der Waals surface area contributed by atoms with Crippen LogP contribution >= 0.6 is 23.2 Å². The molecule has 0 saturated heterocycles. The van der Waals surface area contributed by atoms with E-state index in [1.165, 1.54) is 6.07 Å². The van der Waals surface area contributed by atoms with E-state index in [1.54, 1.807) is 18.2 Å². The first kappa shape index (κ1) is 12.8. The average Bonchev–Trinajstić information content (AvgIpc) is 2.32. The molecule has 0 bridgehead atoms. The van der Waals surface area contributed by atoms with Gasteiger partial charge in [0.15, 0.2) is 0 Å². The predicted octanol–water partition coefficient (Wildman–Crippen LogP) is 4.26. The number of pyridine rings is 1. The summed E-state index contributed by atoms with van der Waals surface area (Å²) in [5.41, 5.74) is 1.40. The van der Waals surface area contributed by atoms with Crippen LogP contribution in [0, 0.1) is 17.1 Å². The highest BCUT2D eigenvalue weighted by atomic mass is 35.5. The van der Waals surface area contributed by atoms with Crippen LogP contribution in [0.3, 0.4) is 0 Å². The summed E-state index contributed by atoms with van der Waals surface area (Å²) in [5, 5.41) is 9.54. The third-order valence-electron chi connectivity index (χ3n) is 2.42. The van der Waals surface area contributed by atoms with Gasteiger partial charge in [-0.1, -0.05) is 29.3 Å². The van der Waals surface area contributed by atoms with Gasteiger partial charge < -0.3 is 0 Å². The van der Waals surface area contributed by atoms with Gasteiger partial charge in [0.05, 0.1) is 24.4 Å². The molecule has 0 aliphatic heterocycles. The normalized spacial score (nSPS) is 10.1. The highest BCUT2D eigenvalue weighted by Crippen LogP contribution is 2.36. The molecule has 90 valence electrons. The second kappa shape index (κ2) is 5.34. The monoisotopic (exact) mass is 280 g/mol. The van der Waals surface area contributed by atoms with E-state index in [2.05, 4.69) is 4.98 Å². The van der Waals surface area contributed by atoms with E-state index in [9.17, 15) is 4.39 Å². The zero-order valence-electron chi connectivity index (χ0n) is 9.12. The lowest BCUT2D eigenvalue weighted by Gasteiger charge is -2.10. The molecule has 0 fully saturated rings. The second-order valence-corrected chi connectivity index (χ2v) is 4.39. The molecule has 1 aromatic heterocycles. The number of nitriles is 1. The van der Waals surface area contributed by atoms with Crippen molar-refractivity contribution in [1.82, 2.24) is 4.98 Å². The van der Waals surface area contributed by atoms with E-state index in [1.807, 2.05) is 6.07 Å². The number of aromatic nitrogens is 1. The van der Waals surface area contributed by atoms with Gasteiger partial charge in [-0.15, -0.1) is 0 Å². The molecule has 0 aliphatic rings. The minimum Gasteiger partial charge on any atom is -0.257 e. The number of hydrogen-bond donors (Lipinski definition) is 0. The second-order valence-electron chi connectivity index (χ2n) is 3.58. The van der Waals surface area contributed by atoms with Crippen LogP contribution in [0.1, 0.15) is 5.69 Å². The topological polar surface area (TPSA) is 36.7 Å². The largest absolute Gasteiger partial charge is 0.257 e. The Morgan fingerprint density at radius 2 is 1.94 bits per heavy atom. The molecule has 0 spiro atoms. The molecule has 0 aliphatic carbocycles. The fourth-order valence-electron chi connectivity index (χ4n) is 1.65. The zero-order valence-corrected chi connectivity index (χ0v) is 10.6. The van der Waals surface area contributed by atoms with Crippen molar-refractivity contribution in [3.8, 4) is 17.2 Å². The summed E-state index contributed by atoms with van der Waals surface area (Å²) in [6.07, 6.45) is 1.14. The molecule has 2 aromatic rings. The van der Waals surface area contributed by atoms with Gasteiger partial charge in [0.2, 0.25) is 0 Å². The van der Waals surface area contributed by atoms with Crippen LogP contribution in [0.25, 0.3) is 11.1 Å².